The third-order valence-corrected chi connectivity index (χ3v) is 4.55. The van der Waals surface area contributed by atoms with Gasteiger partial charge in [0, 0.05) is 18.7 Å². The van der Waals surface area contributed by atoms with Gasteiger partial charge in [0.1, 0.15) is 18.1 Å². The molecule has 0 bridgehead atoms. The maximum atomic E-state index is 12.6. The summed E-state index contributed by atoms with van der Waals surface area (Å²) in [5, 5.41) is 3.92. The van der Waals surface area contributed by atoms with Crippen LogP contribution in [-0.2, 0) is 11.3 Å². The predicted molar refractivity (Wildman–Crippen MR) is 92.7 cm³/mol. The first-order chi connectivity index (χ1) is 12.1. The van der Waals surface area contributed by atoms with E-state index in [4.69, 9.17) is 14.0 Å². The maximum Gasteiger partial charge on any atom is 0.254 e. The summed E-state index contributed by atoms with van der Waals surface area (Å²) < 4.78 is 16.5. The molecule has 1 saturated heterocycles. The van der Waals surface area contributed by atoms with Crippen LogP contribution in [0.5, 0.6) is 5.75 Å². The highest BCUT2D eigenvalue weighted by molar-refractivity contribution is 5.94. The molecule has 1 fully saturated rings. The predicted octanol–water partition coefficient (Wildman–Crippen LogP) is 3.12. The van der Waals surface area contributed by atoms with Crippen LogP contribution in [0, 0.1) is 13.8 Å². The number of ether oxygens (including phenoxy) is 2. The van der Waals surface area contributed by atoms with Crippen LogP contribution in [0.2, 0.25) is 0 Å². The molecule has 1 atom stereocenters. The molecule has 2 aromatic rings. The minimum Gasteiger partial charge on any atom is -0.489 e. The van der Waals surface area contributed by atoms with Crippen molar-refractivity contribution in [3.63, 3.8) is 0 Å². The van der Waals surface area contributed by atoms with E-state index in [-0.39, 0.29) is 12.0 Å². The summed E-state index contributed by atoms with van der Waals surface area (Å²) in [6.45, 7) is 8.12. The monoisotopic (exact) mass is 344 g/mol. The van der Waals surface area contributed by atoms with Crippen molar-refractivity contribution in [1.29, 1.82) is 0 Å². The molecule has 1 aromatic heterocycles. The smallest absolute Gasteiger partial charge is 0.254 e. The van der Waals surface area contributed by atoms with Gasteiger partial charge in [0.05, 0.1) is 24.0 Å². The van der Waals surface area contributed by atoms with Crippen molar-refractivity contribution in [2.75, 3.05) is 19.7 Å². The highest BCUT2D eigenvalue weighted by atomic mass is 16.5. The van der Waals surface area contributed by atoms with Gasteiger partial charge in [0.15, 0.2) is 0 Å². The van der Waals surface area contributed by atoms with Gasteiger partial charge in [-0.1, -0.05) is 12.1 Å². The van der Waals surface area contributed by atoms with E-state index in [0.29, 0.717) is 37.6 Å². The second kappa shape index (κ2) is 7.70. The molecule has 1 aromatic carbocycles. The Morgan fingerprint density at radius 3 is 2.72 bits per heavy atom. The Morgan fingerprint density at radius 1 is 1.32 bits per heavy atom. The maximum absolute atomic E-state index is 12.6. The van der Waals surface area contributed by atoms with Crippen LogP contribution in [0.4, 0.5) is 0 Å². The fraction of sp³-hybridized carbons (Fsp3) is 0.474. The zero-order valence-electron chi connectivity index (χ0n) is 14.9. The van der Waals surface area contributed by atoms with Gasteiger partial charge in [-0.25, -0.2) is 0 Å². The van der Waals surface area contributed by atoms with Crippen LogP contribution in [0.15, 0.2) is 28.8 Å². The lowest BCUT2D eigenvalue weighted by Crippen LogP contribution is -2.45. The quantitative estimate of drug-likeness (QED) is 0.834. The van der Waals surface area contributed by atoms with E-state index < -0.39 is 0 Å². The number of hydrogen-bond donors (Lipinski definition) is 0. The van der Waals surface area contributed by atoms with Crippen LogP contribution in [0.1, 0.15) is 40.7 Å². The van der Waals surface area contributed by atoms with Crippen molar-refractivity contribution < 1.29 is 18.8 Å². The topological polar surface area (TPSA) is 64.8 Å². The summed E-state index contributed by atoms with van der Waals surface area (Å²) in [5.41, 5.74) is 2.46. The van der Waals surface area contributed by atoms with Crippen molar-refractivity contribution in [1.82, 2.24) is 10.1 Å². The number of aryl methyl sites for hydroxylation is 2. The summed E-state index contributed by atoms with van der Waals surface area (Å²) in [4.78, 5) is 14.5. The van der Waals surface area contributed by atoms with Crippen LogP contribution in [0.25, 0.3) is 0 Å². The van der Waals surface area contributed by atoms with Crippen LogP contribution < -0.4 is 4.74 Å². The second-order valence-electron chi connectivity index (χ2n) is 6.27. The second-order valence-corrected chi connectivity index (χ2v) is 6.27. The Kier molecular flexibility index (Phi) is 5.38. The Hall–Kier alpha value is -2.34. The van der Waals surface area contributed by atoms with Crippen molar-refractivity contribution in [3.8, 4) is 5.75 Å². The molecule has 0 saturated carbocycles. The number of carbonyl (C=O) groups is 1. The average Bonchev–Trinajstić information content (AvgIpc) is 2.97. The molecule has 0 radical (unpaired) electrons. The van der Waals surface area contributed by atoms with Crippen molar-refractivity contribution in [2.45, 2.75) is 39.9 Å². The number of rotatable bonds is 5. The summed E-state index contributed by atoms with van der Waals surface area (Å²) in [6, 6.07) is 7.26. The summed E-state index contributed by atoms with van der Waals surface area (Å²) in [7, 11) is 0. The van der Waals surface area contributed by atoms with Crippen molar-refractivity contribution in [2.24, 2.45) is 0 Å². The third kappa shape index (κ3) is 4.02. The minimum absolute atomic E-state index is 0.0408. The number of aromatic nitrogens is 1. The summed E-state index contributed by atoms with van der Waals surface area (Å²) >= 11 is 0. The molecule has 3 rings (SSSR count). The Labute approximate surface area is 147 Å². The highest BCUT2D eigenvalue weighted by Crippen LogP contribution is 2.19. The highest BCUT2D eigenvalue weighted by Gasteiger charge is 2.23. The zero-order valence-corrected chi connectivity index (χ0v) is 14.9. The molecule has 0 N–H and O–H groups in total. The van der Waals surface area contributed by atoms with Crippen molar-refractivity contribution in [3.05, 3.63) is 46.8 Å². The number of hydrogen-bond acceptors (Lipinski definition) is 5. The van der Waals surface area contributed by atoms with Gasteiger partial charge < -0.3 is 18.9 Å². The fourth-order valence-electron chi connectivity index (χ4n) is 2.89. The average molecular weight is 344 g/mol. The molecule has 1 unspecified atom stereocenters. The van der Waals surface area contributed by atoms with Gasteiger partial charge in [-0.15, -0.1) is 0 Å². The molecule has 0 spiro atoms. The van der Waals surface area contributed by atoms with E-state index in [1.165, 1.54) is 0 Å². The lowest BCUT2D eigenvalue weighted by Gasteiger charge is -2.32. The number of morpholine rings is 1. The number of nitrogens with zero attached hydrogens (tertiary/aromatic N) is 2. The Bertz CT molecular complexity index is 704. The molecule has 6 nitrogen and oxygen atoms in total. The Balaban J connectivity index is 1.61. The first-order valence-corrected chi connectivity index (χ1v) is 8.64. The molecule has 134 valence electrons. The normalized spacial score (nSPS) is 17.6. The van der Waals surface area contributed by atoms with Gasteiger partial charge in [-0.3, -0.25) is 4.79 Å². The van der Waals surface area contributed by atoms with Gasteiger partial charge in [0.2, 0.25) is 0 Å². The van der Waals surface area contributed by atoms with Crippen molar-refractivity contribution >= 4 is 5.91 Å². The molecule has 25 heavy (non-hydrogen) atoms. The standard InChI is InChI=1S/C19H24N2O4/c1-4-16-11-21(9-10-23-16)19(22)15-5-7-17(8-6-15)24-12-18-13(2)20-25-14(18)3/h5-8,16H,4,9-12H2,1-3H3. The first kappa shape index (κ1) is 17.5. The molecule has 1 aliphatic rings. The van der Waals surface area contributed by atoms with E-state index in [2.05, 4.69) is 12.1 Å². The zero-order chi connectivity index (χ0) is 17.8. The SMILES string of the molecule is CCC1CN(C(=O)c2ccc(OCc3c(C)noc3C)cc2)CCO1. The first-order valence-electron chi connectivity index (χ1n) is 8.64. The van der Waals surface area contributed by atoms with Gasteiger partial charge in [-0.05, 0) is 44.5 Å². The van der Waals surface area contributed by atoms with E-state index >= 15 is 0 Å². The fourth-order valence-corrected chi connectivity index (χ4v) is 2.89. The van der Waals surface area contributed by atoms with E-state index in [1.54, 1.807) is 12.1 Å². The molecule has 1 aliphatic heterocycles. The lowest BCUT2D eigenvalue weighted by atomic mass is 10.1. The van der Waals surface area contributed by atoms with Gasteiger partial charge in [-0.2, -0.15) is 0 Å². The van der Waals surface area contributed by atoms with Gasteiger partial charge >= 0.3 is 0 Å². The van der Waals surface area contributed by atoms with E-state index in [1.807, 2.05) is 30.9 Å². The Morgan fingerprint density at radius 2 is 2.08 bits per heavy atom. The number of amides is 1. The molecule has 2 heterocycles. The number of benzene rings is 1. The molecular formula is C19H24N2O4. The molecule has 1 amide bonds. The van der Waals surface area contributed by atoms with Crippen LogP contribution in [0.3, 0.4) is 0 Å². The number of carbonyl (C=O) groups excluding carboxylic acids is 1. The molecule has 0 aliphatic carbocycles. The summed E-state index contributed by atoms with van der Waals surface area (Å²) in [5.74, 6) is 1.52. The molecular weight excluding hydrogens is 320 g/mol. The minimum atomic E-state index is 0.0408. The lowest BCUT2D eigenvalue weighted by molar-refractivity contribution is -0.0226. The van der Waals surface area contributed by atoms with E-state index in [0.717, 1.165) is 23.4 Å². The van der Waals surface area contributed by atoms with Crippen LogP contribution >= 0.6 is 0 Å². The van der Waals surface area contributed by atoms with Crippen LogP contribution in [-0.4, -0.2) is 41.8 Å². The van der Waals surface area contributed by atoms with E-state index in [9.17, 15) is 4.79 Å². The molecule has 6 heteroatoms. The van der Waals surface area contributed by atoms with Gasteiger partial charge in [0.25, 0.3) is 5.91 Å². The summed E-state index contributed by atoms with van der Waals surface area (Å²) in [6.07, 6.45) is 1.05. The largest absolute Gasteiger partial charge is 0.489 e. The third-order valence-electron chi connectivity index (χ3n) is 4.55.